The van der Waals surface area contributed by atoms with E-state index in [1.807, 2.05) is 56.5 Å². The maximum atomic E-state index is 16.2. The molecule has 0 bridgehead atoms. The van der Waals surface area contributed by atoms with Crippen molar-refractivity contribution in [3.05, 3.63) is 155 Å². The number of aryl methyl sites for hydroxylation is 2. The molecule has 4 heterocycles. The van der Waals surface area contributed by atoms with Crippen LogP contribution in [0.5, 0.6) is 5.75 Å². The second-order valence-corrected chi connectivity index (χ2v) is 22.5. The third-order valence-corrected chi connectivity index (χ3v) is 15.6. The lowest BCUT2D eigenvalue weighted by atomic mass is 9.62. The van der Waals surface area contributed by atoms with Crippen LogP contribution in [-0.2, 0) is 24.5 Å². The fraction of sp³-hybridized carbons (Fsp3) is 0.375. The lowest BCUT2D eigenvalue weighted by Gasteiger charge is -2.37. The van der Waals surface area contributed by atoms with Crippen LogP contribution in [0, 0.1) is 49.2 Å². The van der Waals surface area contributed by atoms with Gasteiger partial charge in [0.05, 0.1) is 68.5 Å². The number of thiophene rings is 1. The molecule has 5 atom stereocenters. The lowest BCUT2D eigenvalue weighted by Crippen LogP contribution is -2.45. The second kappa shape index (κ2) is 24.2. The SMILES string of the molecule is COc1cc(C(=O)NCCOCCOCCNC(=O)C[C@@H]2N=C(c3ccc(Cl)cc3)c3c(sc(C)c3C)-n3c(C)nnc32)ccc1NC(=O)[C@@H]1N[C@@H](CC(C)(C)C)[C@](C#N)(c2ccc(Cl)cc2F)[C@H]1c1cccc(Cl)c1F. The molecule has 404 valence electrons. The lowest BCUT2D eigenvalue weighted by molar-refractivity contribution is -0.121. The van der Waals surface area contributed by atoms with Gasteiger partial charge in [0.2, 0.25) is 11.8 Å². The van der Waals surface area contributed by atoms with Crippen LogP contribution in [0.2, 0.25) is 15.1 Å². The monoisotopic (exact) mass is 1130 g/mol. The van der Waals surface area contributed by atoms with Gasteiger partial charge in [0.25, 0.3) is 5.91 Å². The van der Waals surface area contributed by atoms with Gasteiger partial charge in [-0.1, -0.05) is 85.9 Å². The number of nitrogens with one attached hydrogen (secondary N) is 4. The van der Waals surface area contributed by atoms with E-state index in [1.54, 1.807) is 11.3 Å². The van der Waals surface area contributed by atoms with E-state index in [2.05, 4.69) is 51.4 Å². The summed E-state index contributed by atoms with van der Waals surface area (Å²) < 4.78 is 51.3. The Hall–Kier alpha value is -6.30. The van der Waals surface area contributed by atoms with E-state index in [-0.39, 0.29) is 96.4 Å². The van der Waals surface area contributed by atoms with Crippen LogP contribution in [0.25, 0.3) is 5.00 Å². The molecule has 15 nitrogen and oxygen atoms in total. The molecule has 2 aliphatic heterocycles. The zero-order chi connectivity index (χ0) is 55.3. The van der Waals surface area contributed by atoms with Gasteiger partial charge in [-0.3, -0.25) is 23.9 Å². The molecule has 1 saturated heterocycles. The number of halogens is 5. The topological polar surface area (TPSA) is 194 Å². The Bertz CT molecular complexity index is 3270. The summed E-state index contributed by atoms with van der Waals surface area (Å²) in [5, 5.41) is 33.3. The first-order valence-electron chi connectivity index (χ1n) is 24.9. The minimum absolute atomic E-state index is 0.0392. The van der Waals surface area contributed by atoms with Gasteiger partial charge in [-0.15, -0.1) is 21.5 Å². The third kappa shape index (κ3) is 12.2. The average molecular weight is 1130 g/mol. The highest BCUT2D eigenvalue weighted by molar-refractivity contribution is 7.15. The van der Waals surface area contributed by atoms with Crippen molar-refractivity contribution in [1.29, 1.82) is 5.26 Å². The largest absolute Gasteiger partial charge is 0.495 e. The Balaban J connectivity index is 0.829. The molecule has 8 rings (SSSR count). The van der Waals surface area contributed by atoms with Crippen molar-refractivity contribution >= 4 is 75.3 Å². The third-order valence-electron chi connectivity index (χ3n) is 13.7. The van der Waals surface area contributed by atoms with Gasteiger partial charge in [0.15, 0.2) is 5.82 Å². The summed E-state index contributed by atoms with van der Waals surface area (Å²) in [5.74, 6) is -2.82. The van der Waals surface area contributed by atoms with Crippen molar-refractivity contribution in [3.8, 4) is 16.8 Å². The number of hydrogen-bond donors (Lipinski definition) is 4. The highest BCUT2D eigenvalue weighted by atomic mass is 35.5. The van der Waals surface area contributed by atoms with Gasteiger partial charge >= 0.3 is 0 Å². The number of hydrogen-bond acceptors (Lipinski definition) is 12. The number of carbonyl (C=O) groups excluding carboxylic acids is 3. The van der Waals surface area contributed by atoms with Crippen molar-refractivity contribution in [2.24, 2.45) is 10.4 Å². The Morgan fingerprint density at radius 3 is 2.27 bits per heavy atom. The number of carbonyl (C=O) groups is 3. The highest BCUT2D eigenvalue weighted by Crippen LogP contribution is 2.53. The first kappa shape index (κ1) is 56.9. The van der Waals surface area contributed by atoms with Crippen LogP contribution in [0.3, 0.4) is 0 Å². The molecule has 0 spiro atoms. The van der Waals surface area contributed by atoms with E-state index in [9.17, 15) is 19.6 Å². The number of methoxy groups -OCH3 is 1. The van der Waals surface area contributed by atoms with E-state index in [1.165, 1.54) is 55.6 Å². The summed E-state index contributed by atoms with van der Waals surface area (Å²) in [6.45, 7) is 13.2. The van der Waals surface area contributed by atoms with Crippen molar-refractivity contribution in [3.63, 3.8) is 0 Å². The smallest absolute Gasteiger partial charge is 0.251 e. The molecule has 21 heteroatoms. The number of aromatic nitrogens is 3. The Kier molecular flexibility index (Phi) is 17.8. The number of aliphatic imine (C=N–C) groups is 1. The quantitative estimate of drug-likeness (QED) is 0.0567. The number of amides is 3. The zero-order valence-corrected chi connectivity index (χ0v) is 46.5. The number of rotatable bonds is 19. The number of nitriles is 1. The predicted molar refractivity (Wildman–Crippen MR) is 294 cm³/mol. The van der Waals surface area contributed by atoms with Crippen LogP contribution in [0.4, 0.5) is 14.5 Å². The van der Waals surface area contributed by atoms with E-state index in [0.717, 1.165) is 38.3 Å². The fourth-order valence-electron chi connectivity index (χ4n) is 10.0. The molecule has 3 amide bonds. The molecule has 2 aromatic heterocycles. The van der Waals surface area contributed by atoms with Crippen LogP contribution in [-0.4, -0.2) is 96.9 Å². The first-order valence-corrected chi connectivity index (χ1v) is 26.8. The standard InChI is InChI=1S/C56H58Cl3F2N9O6S/c1-30-31(2)77-54-46(30)49(33-11-14-35(57)15-12-33)65-42(51-69-68-32(3)70(51)54)27-45(71)63-19-21-75-23-24-76-22-20-64-52(72)34-13-18-41(43(25-34)74-7)66-53(73)50-47(37-9-8-10-39(59)48(37)61)56(29-62,44(67-50)28-55(4,5)6)38-17-16-36(58)26-40(38)60/h8-18,25-26,42,44,47,50,67H,19-24,27-28H2,1-7H3,(H,63,71)(H,64,72)(H,66,73)/t42-,44-,47-,50+,56-/m0/s1. The summed E-state index contributed by atoms with van der Waals surface area (Å²) in [6.07, 6.45) is 0.326. The molecule has 6 aromatic rings. The summed E-state index contributed by atoms with van der Waals surface area (Å²) in [5.41, 5.74) is 1.76. The van der Waals surface area contributed by atoms with Gasteiger partial charge in [-0.2, -0.15) is 5.26 Å². The number of ether oxygens (including phenoxy) is 3. The van der Waals surface area contributed by atoms with Gasteiger partial charge in [-0.25, -0.2) is 8.78 Å². The van der Waals surface area contributed by atoms with E-state index in [4.69, 9.17) is 54.0 Å². The molecule has 0 aliphatic carbocycles. The average Bonchev–Trinajstić information content (AvgIpc) is 4.01. The first-order chi connectivity index (χ1) is 36.8. The van der Waals surface area contributed by atoms with Crippen molar-refractivity contribution in [2.45, 2.75) is 83.8 Å². The zero-order valence-electron chi connectivity index (χ0n) is 43.5. The minimum Gasteiger partial charge on any atom is -0.495 e. The molecule has 0 saturated carbocycles. The molecular weight excluding hydrogens is 1070 g/mol. The van der Waals surface area contributed by atoms with Crippen LogP contribution >= 0.6 is 46.1 Å². The highest BCUT2D eigenvalue weighted by Gasteiger charge is 2.61. The van der Waals surface area contributed by atoms with Crippen LogP contribution in [0.15, 0.2) is 83.9 Å². The molecule has 4 aromatic carbocycles. The molecule has 0 radical (unpaired) electrons. The molecule has 4 N–H and O–H groups in total. The number of benzene rings is 4. The van der Waals surface area contributed by atoms with E-state index in [0.29, 0.717) is 16.7 Å². The summed E-state index contributed by atoms with van der Waals surface area (Å²) in [7, 11) is 1.37. The fourth-order valence-corrected chi connectivity index (χ4v) is 11.7. The van der Waals surface area contributed by atoms with Gasteiger partial charge < -0.3 is 35.5 Å². The maximum absolute atomic E-state index is 16.2. The van der Waals surface area contributed by atoms with Gasteiger partial charge in [-0.05, 0) is 92.3 Å². The van der Waals surface area contributed by atoms with Gasteiger partial charge in [0.1, 0.15) is 39.7 Å². The van der Waals surface area contributed by atoms with Crippen molar-refractivity contribution in [1.82, 2.24) is 30.7 Å². The summed E-state index contributed by atoms with van der Waals surface area (Å²) in [4.78, 5) is 47.5. The number of fused-ring (bicyclic) bond motifs is 3. The minimum atomic E-state index is -1.82. The van der Waals surface area contributed by atoms with Crippen molar-refractivity contribution in [2.75, 3.05) is 51.9 Å². The Morgan fingerprint density at radius 2 is 1.60 bits per heavy atom. The molecule has 0 unspecified atom stereocenters. The van der Waals surface area contributed by atoms with E-state index < -0.39 is 58.3 Å². The van der Waals surface area contributed by atoms with E-state index >= 15 is 8.78 Å². The molecule has 2 aliphatic rings. The molecule has 77 heavy (non-hydrogen) atoms. The summed E-state index contributed by atoms with van der Waals surface area (Å²) in [6, 6.07) is 19.8. The number of nitrogens with zero attached hydrogens (tertiary/aromatic N) is 5. The second-order valence-electron chi connectivity index (χ2n) is 20.0. The molecule has 1 fully saturated rings. The Morgan fingerprint density at radius 1 is 0.896 bits per heavy atom. The Labute approximate surface area is 464 Å². The number of anilines is 1. The van der Waals surface area contributed by atoms with Gasteiger partial charge in [0, 0.05) is 62.2 Å². The normalized spacial score (nSPS) is 18.9. The maximum Gasteiger partial charge on any atom is 0.251 e. The predicted octanol–water partition coefficient (Wildman–Crippen LogP) is 10.3. The molecular formula is C56H58Cl3F2N9O6S. The van der Waals surface area contributed by atoms with Crippen LogP contribution in [0.1, 0.15) is 100 Å². The summed E-state index contributed by atoms with van der Waals surface area (Å²) >= 11 is 20.3. The van der Waals surface area contributed by atoms with Crippen molar-refractivity contribution < 1.29 is 37.4 Å². The van der Waals surface area contributed by atoms with Crippen LogP contribution < -0.4 is 26.0 Å².